The van der Waals surface area contributed by atoms with Gasteiger partial charge in [-0.1, -0.05) is 0 Å². The van der Waals surface area contributed by atoms with Crippen LogP contribution in [0.5, 0.6) is 5.75 Å². The normalized spacial score (nSPS) is 15.0. The van der Waals surface area contributed by atoms with Gasteiger partial charge in [0, 0.05) is 19.2 Å². The maximum absolute atomic E-state index is 11.5. The number of nitrogens with two attached hydrogens (primary N) is 1. The van der Waals surface area contributed by atoms with Crippen LogP contribution in [-0.4, -0.2) is 31.6 Å². The van der Waals surface area contributed by atoms with E-state index >= 15 is 0 Å². The van der Waals surface area contributed by atoms with E-state index in [2.05, 4.69) is 5.32 Å². The molecule has 2 amide bonds. The van der Waals surface area contributed by atoms with Crippen LogP contribution in [0.25, 0.3) is 0 Å². The number of methoxy groups -OCH3 is 1. The molecule has 7 heteroatoms. The molecular formula is C13H17N3O4. The van der Waals surface area contributed by atoms with E-state index in [1.54, 1.807) is 18.2 Å². The molecule has 0 aliphatic carbocycles. The van der Waals surface area contributed by atoms with Gasteiger partial charge in [-0.05, 0) is 30.2 Å². The van der Waals surface area contributed by atoms with E-state index in [-0.39, 0.29) is 12.5 Å². The van der Waals surface area contributed by atoms with Gasteiger partial charge in [-0.2, -0.15) is 0 Å². The molecule has 0 saturated heterocycles. The van der Waals surface area contributed by atoms with E-state index < -0.39 is 12.0 Å². The molecule has 7 nitrogen and oxygen atoms in total. The van der Waals surface area contributed by atoms with Crippen molar-refractivity contribution in [3.63, 3.8) is 0 Å². The minimum Gasteiger partial charge on any atom is -0.478 e. The van der Waals surface area contributed by atoms with Crippen LogP contribution in [0.15, 0.2) is 18.2 Å². The summed E-state index contributed by atoms with van der Waals surface area (Å²) in [5.74, 6) is 5.18. The summed E-state index contributed by atoms with van der Waals surface area (Å²) in [6, 6.07) is 5.25. The van der Waals surface area contributed by atoms with Gasteiger partial charge in [0.1, 0.15) is 5.75 Å². The highest BCUT2D eigenvalue weighted by Gasteiger charge is 2.21. The first kappa shape index (κ1) is 14.3. The number of nitrogens with one attached hydrogen (secondary N) is 2. The molecular weight excluding hydrogens is 262 g/mol. The quantitative estimate of drug-likeness (QED) is 0.398. The second kappa shape index (κ2) is 6.36. The second-order valence-electron chi connectivity index (χ2n) is 4.44. The van der Waals surface area contributed by atoms with Crippen LogP contribution >= 0.6 is 0 Å². The Labute approximate surface area is 116 Å². The lowest BCUT2D eigenvalue weighted by atomic mass is 10.0. The Balaban J connectivity index is 2.12. The van der Waals surface area contributed by atoms with Crippen molar-refractivity contribution in [1.82, 2.24) is 5.43 Å². The van der Waals surface area contributed by atoms with Gasteiger partial charge in [0.2, 0.25) is 12.0 Å². The third-order valence-corrected chi connectivity index (χ3v) is 3.00. The van der Waals surface area contributed by atoms with Gasteiger partial charge < -0.3 is 14.8 Å². The Bertz CT molecular complexity index is 518. The van der Waals surface area contributed by atoms with Gasteiger partial charge in [-0.25, -0.2) is 5.84 Å². The van der Waals surface area contributed by atoms with E-state index in [9.17, 15) is 9.59 Å². The van der Waals surface area contributed by atoms with E-state index in [0.717, 1.165) is 11.3 Å². The molecule has 108 valence electrons. The number of amides is 2. The maximum atomic E-state index is 11.5. The Morgan fingerprint density at radius 3 is 3.00 bits per heavy atom. The smallest absolute Gasteiger partial charge is 0.277 e. The van der Waals surface area contributed by atoms with Gasteiger partial charge in [-0.15, -0.1) is 0 Å². The lowest BCUT2D eigenvalue weighted by molar-refractivity contribution is -0.130. The van der Waals surface area contributed by atoms with Crippen molar-refractivity contribution in [2.45, 2.75) is 18.9 Å². The van der Waals surface area contributed by atoms with Crippen LogP contribution in [0.3, 0.4) is 0 Å². The Hall–Kier alpha value is -2.12. The molecule has 0 fully saturated rings. The van der Waals surface area contributed by atoms with Crippen molar-refractivity contribution in [1.29, 1.82) is 0 Å². The lowest BCUT2D eigenvalue weighted by Gasteiger charge is -2.20. The highest BCUT2D eigenvalue weighted by molar-refractivity contribution is 5.94. The summed E-state index contributed by atoms with van der Waals surface area (Å²) in [5.41, 5.74) is 3.79. The minimum atomic E-state index is -0.818. The molecule has 0 aromatic heterocycles. The van der Waals surface area contributed by atoms with Crippen LogP contribution in [0.2, 0.25) is 0 Å². The van der Waals surface area contributed by atoms with Gasteiger partial charge in [0.05, 0.1) is 6.61 Å². The van der Waals surface area contributed by atoms with Crippen molar-refractivity contribution in [3.8, 4) is 5.75 Å². The average Bonchev–Trinajstić information content (AvgIpc) is 2.46. The second-order valence-corrected chi connectivity index (χ2v) is 4.44. The average molecular weight is 279 g/mol. The van der Waals surface area contributed by atoms with Crippen LogP contribution in [0.1, 0.15) is 12.0 Å². The van der Waals surface area contributed by atoms with Crippen LogP contribution < -0.4 is 21.3 Å². The molecule has 0 bridgehead atoms. The summed E-state index contributed by atoms with van der Waals surface area (Å²) in [6.45, 7) is 0.0941. The largest absolute Gasteiger partial charge is 0.478 e. The third-order valence-electron chi connectivity index (χ3n) is 3.00. The number of hydrogen-bond acceptors (Lipinski definition) is 5. The zero-order chi connectivity index (χ0) is 14.5. The maximum Gasteiger partial charge on any atom is 0.277 e. The number of anilines is 1. The van der Waals surface area contributed by atoms with Gasteiger partial charge in [0.25, 0.3) is 5.91 Å². The van der Waals surface area contributed by atoms with E-state index in [0.29, 0.717) is 18.6 Å². The van der Waals surface area contributed by atoms with Crippen molar-refractivity contribution in [2.24, 2.45) is 5.84 Å². The summed E-state index contributed by atoms with van der Waals surface area (Å²) in [4.78, 5) is 22.8. The molecule has 0 radical (unpaired) electrons. The van der Waals surface area contributed by atoms with Crippen molar-refractivity contribution < 1.29 is 19.1 Å². The Morgan fingerprint density at radius 1 is 1.50 bits per heavy atom. The zero-order valence-corrected chi connectivity index (χ0v) is 11.1. The van der Waals surface area contributed by atoms with E-state index in [4.69, 9.17) is 15.3 Å². The summed E-state index contributed by atoms with van der Waals surface area (Å²) >= 11 is 0. The number of hydrogen-bond donors (Lipinski definition) is 3. The van der Waals surface area contributed by atoms with Gasteiger partial charge >= 0.3 is 0 Å². The molecule has 0 spiro atoms. The number of ether oxygens (including phenoxy) is 2. The number of carbonyl (C=O) groups excluding carboxylic acids is 2. The molecule has 1 atom stereocenters. The molecule has 1 heterocycles. The molecule has 4 N–H and O–H groups in total. The van der Waals surface area contributed by atoms with Gasteiger partial charge in [-0.3, -0.25) is 15.0 Å². The molecule has 1 aromatic carbocycles. The highest BCUT2D eigenvalue weighted by Crippen LogP contribution is 2.27. The summed E-state index contributed by atoms with van der Waals surface area (Å²) in [7, 11) is 1.47. The summed E-state index contributed by atoms with van der Waals surface area (Å²) in [5, 5.41) is 2.78. The zero-order valence-electron chi connectivity index (χ0n) is 11.1. The fraction of sp³-hybridized carbons (Fsp3) is 0.385. The molecule has 20 heavy (non-hydrogen) atoms. The number of fused-ring (bicyclic) bond motifs is 1. The Morgan fingerprint density at radius 2 is 2.30 bits per heavy atom. The fourth-order valence-electron chi connectivity index (χ4n) is 2.00. The molecule has 2 rings (SSSR count). The van der Waals surface area contributed by atoms with Crippen molar-refractivity contribution in [2.75, 3.05) is 19.0 Å². The predicted octanol–water partition coefficient (Wildman–Crippen LogP) is -0.0450. The molecule has 0 saturated carbocycles. The monoisotopic (exact) mass is 279 g/mol. The van der Waals surface area contributed by atoms with Crippen molar-refractivity contribution >= 4 is 17.5 Å². The van der Waals surface area contributed by atoms with E-state index in [1.165, 1.54) is 7.11 Å². The number of carbonyl (C=O) groups is 2. The molecule has 1 aromatic rings. The fourth-order valence-corrected chi connectivity index (χ4v) is 2.00. The standard InChI is InChI=1S/C13H17N3O4/c1-19-7-11(13(18)16-14)20-9-3-4-10-8(6-9)2-5-12(17)15-10/h3-4,6,11H,2,5,7,14H2,1H3,(H,15,17)(H,16,18). The summed E-state index contributed by atoms with van der Waals surface area (Å²) in [6.07, 6.45) is 0.277. The highest BCUT2D eigenvalue weighted by atomic mass is 16.5. The van der Waals surface area contributed by atoms with Crippen LogP contribution in [0.4, 0.5) is 5.69 Å². The number of rotatable bonds is 5. The summed E-state index contributed by atoms with van der Waals surface area (Å²) < 4.78 is 10.5. The SMILES string of the molecule is COCC(Oc1ccc2c(c1)CCC(=O)N2)C(=O)NN. The van der Waals surface area contributed by atoms with Gasteiger partial charge in [0.15, 0.2) is 0 Å². The first-order chi connectivity index (χ1) is 9.63. The number of benzene rings is 1. The topological polar surface area (TPSA) is 103 Å². The lowest BCUT2D eigenvalue weighted by Crippen LogP contribution is -2.44. The van der Waals surface area contributed by atoms with Crippen LogP contribution in [0, 0.1) is 0 Å². The number of hydrazine groups is 1. The third kappa shape index (κ3) is 3.25. The first-order valence-electron chi connectivity index (χ1n) is 6.23. The van der Waals surface area contributed by atoms with E-state index in [1.807, 2.05) is 5.43 Å². The number of aryl methyl sites for hydroxylation is 1. The van der Waals surface area contributed by atoms with Crippen molar-refractivity contribution in [3.05, 3.63) is 23.8 Å². The molecule has 1 aliphatic rings. The first-order valence-corrected chi connectivity index (χ1v) is 6.23. The molecule has 1 unspecified atom stereocenters. The minimum absolute atomic E-state index is 0.00550. The predicted molar refractivity (Wildman–Crippen MR) is 72.0 cm³/mol. The van der Waals surface area contributed by atoms with Crippen LogP contribution in [-0.2, 0) is 20.7 Å². The Kier molecular flexibility index (Phi) is 4.54. The molecule has 1 aliphatic heterocycles.